The molecule has 0 atom stereocenters. The van der Waals surface area contributed by atoms with E-state index < -0.39 is 16.6 Å². The van der Waals surface area contributed by atoms with Crippen LogP contribution in [-0.2, 0) is 22.1 Å². The predicted molar refractivity (Wildman–Crippen MR) is 187 cm³/mol. The number of halogens is 1. The molecule has 0 bridgehead atoms. The molecule has 0 aromatic heterocycles. The molecule has 0 aliphatic rings. The maximum absolute atomic E-state index is 6.94. The molecule has 9 heteroatoms. The van der Waals surface area contributed by atoms with Crippen molar-refractivity contribution >= 4 is 43.3 Å². The Balaban J connectivity index is 2.45. The molecule has 3 aromatic carbocycles. The number of hydrogen-bond acceptors (Lipinski definition) is 6. The quantitative estimate of drug-likeness (QED) is 0.187. The van der Waals surface area contributed by atoms with Crippen LogP contribution >= 0.6 is 15.9 Å². The van der Waals surface area contributed by atoms with E-state index in [0.717, 1.165) is 37.5 Å². The van der Waals surface area contributed by atoms with Crippen molar-refractivity contribution in [2.75, 3.05) is 28.4 Å². The Labute approximate surface area is 269 Å². The lowest BCUT2D eigenvalue weighted by atomic mass is 9.89. The number of ether oxygens (including phenoxy) is 4. The summed E-state index contributed by atoms with van der Waals surface area (Å²) in [5.74, 6) is 2.62. The van der Waals surface area contributed by atoms with E-state index in [4.69, 9.17) is 27.8 Å². The molecule has 3 rings (SSSR count). The topological polar surface area (TPSA) is 55.4 Å². The third kappa shape index (κ3) is 7.44. The van der Waals surface area contributed by atoms with Gasteiger partial charge in [0.1, 0.15) is 0 Å². The first kappa shape index (κ1) is 35.4. The molecule has 0 saturated heterocycles. The van der Waals surface area contributed by atoms with Crippen molar-refractivity contribution in [2.45, 2.75) is 91.0 Å². The van der Waals surface area contributed by atoms with Gasteiger partial charge in [-0.1, -0.05) is 41.5 Å². The van der Waals surface area contributed by atoms with Gasteiger partial charge < -0.3 is 27.8 Å². The van der Waals surface area contributed by atoms with Crippen LogP contribution in [0.15, 0.2) is 34.8 Å². The Morgan fingerprint density at radius 3 is 1.63 bits per heavy atom. The minimum Gasteiger partial charge on any atom is -0.493 e. The van der Waals surface area contributed by atoms with E-state index in [1.165, 1.54) is 0 Å². The van der Waals surface area contributed by atoms with Gasteiger partial charge in [0.2, 0.25) is 0 Å². The largest absolute Gasteiger partial charge is 0.493 e. The molecule has 0 heterocycles. The van der Waals surface area contributed by atoms with Gasteiger partial charge >= 0.3 is 0 Å². The molecule has 0 fully saturated rings. The maximum Gasteiger partial charge on any atom is 0.192 e. The van der Waals surface area contributed by atoms with Crippen LogP contribution in [0.1, 0.15) is 52.7 Å². The fourth-order valence-electron chi connectivity index (χ4n) is 4.46. The van der Waals surface area contributed by atoms with E-state index in [9.17, 15) is 0 Å². The lowest BCUT2D eigenvalue weighted by molar-refractivity contribution is 0.258. The van der Waals surface area contributed by atoms with E-state index in [1.807, 2.05) is 12.1 Å². The summed E-state index contributed by atoms with van der Waals surface area (Å²) in [5.41, 5.74) is 4.23. The van der Waals surface area contributed by atoms with Crippen molar-refractivity contribution in [3.63, 3.8) is 0 Å². The Morgan fingerprint density at radius 2 is 1.14 bits per heavy atom. The van der Waals surface area contributed by atoms with Crippen molar-refractivity contribution in [1.29, 1.82) is 0 Å². The summed E-state index contributed by atoms with van der Waals surface area (Å²) < 4.78 is 37.5. The highest BCUT2D eigenvalue weighted by molar-refractivity contribution is 9.10. The second-order valence-corrected chi connectivity index (χ2v) is 24.6. The zero-order valence-corrected chi connectivity index (χ0v) is 32.2. The molecule has 0 saturated carbocycles. The van der Waals surface area contributed by atoms with E-state index in [0.29, 0.717) is 36.2 Å². The van der Waals surface area contributed by atoms with Gasteiger partial charge in [-0.15, -0.1) is 0 Å². The van der Waals surface area contributed by atoms with Crippen molar-refractivity contribution in [3.8, 4) is 34.1 Å². The van der Waals surface area contributed by atoms with E-state index in [1.54, 1.807) is 28.4 Å². The van der Waals surface area contributed by atoms with Crippen LogP contribution in [0.2, 0.25) is 36.3 Å². The fraction of sp³-hybridized carbons (Fsp3) is 0.529. The fourth-order valence-corrected chi connectivity index (χ4v) is 6.95. The Kier molecular flexibility index (Phi) is 10.8. The zero-order valence-electron chi connectivity index (χ0n) is 28.6. The van der Waals surface area contributed by atoms with Gasteiger partial charge in [-0.2, -0.15) is 0 Å². The normalized spacial score (nSPS) is 12.9. The molecule has 3 aromatic rings. The average Bonchev–Trinajstić information content (AvgIpc) is 2.91. The van der Waals surface area contributed by atoms with Crippen molar-refractivity contribution in [2.24, 2.45) is 0 Å². The van der Waals surface area contributed by atoms with Crippen LogP contribution in [-0.4, -0.2) is 45.1 Å². The summed E-state index contributed by atoms with van der Waals surface area (Å²) in [7, 11) is 2.48. The highest BCUT2D eigenvalue weighted by atomic mass is 79.9. The number of fused-ring (bicyclic) bond motifs is 1. The number of hydrogen-bond donors (Lipinski definition) is 0. The number of methoxy groups -OCH3 is 4. The van der Waals surface area contributed by atoms with E-state index >= 15 is 0 Å². The maximum atomic E-state index is 6.94. The second kappa shape index (κ2) is 13.1. The molecular formula is C34H51BrO6Si2. The van der Waals surface area contributed by atoms with Crippen molar-refractivity contribution < 1.29 is 27.8 Å². The van der Waals surface area contributed by atoms with Crippen LogP contribution in [0.4, 0.5) is 0 Å². The highest BCUT2D eigenvalue weighted by Gasteiger charge is 2.39. The summed E-state index contributed by atoms with van der Waals surface area (Å²) in [5, 5.41) is 2.20. The zero-order chi connectivity index (χ0) is 32.5. The first-order valence-electron chi connectivity index (χ1n) is 14.7. The molecule has 0 aliphatic carbocycles. The van der Waals surface area contributed by atoms with Crippen LogP contribution in [0.25, 0.3) is 21.9 Å². The van der Waals surface area contributed by atoms with Crippen LogP contribution in [0.5, 0.6) is 23.0 Å². The third-order valence-corrected chi connectivity index (χ3v) is 18.9. The van der Waals surface area contributed by atoms with Crippen LogP contribution in [0.3, 0.4) is 0 Å². The summed E-state index contributed by atoms with van der Waals surface area (Å²) in [6.45, 7) is 23.7. The summed E-state index contributed by atoms with van der Waals surface area (Å²) in [6, 6.07) is 10.4. The molecule has 0 aliphatic heterocycles. The summed E-state index contributed by atoms with van der Waals surface area (Å²) >= 11 is 3.74. The average molecular weight is 692 g/mol. The van der Waals surface area contributed by atoms with Gasteiger partial charge in [0.25, 0.3) is 0 Å². The summed E-state index contributed by atoms with van der Waals surface area (Å²) in [6.07, 6.45) is 0. The molecule has 0 radical (unpaired) electrons. The number of rotatable bonds is 11. The van der Waals surface area contributed by atoms with Gasteiger partial charge in [-0.05, 0) is 116 Å². The van der Waals surface area contributed by atoms with E-state index in [-0.39, 0.29) is 10.1 Å². The molecule has 0 spiro atoms. The Morgan fingerprint density at radius 1 is 0.628 bits per heavy atom. The van der Waals surface area contributed by atoms with Crippen molar-refractivity contribution in [1.82, 2.24) is 0 Å². The van der Waals surface area contributed by atoms with Gasteiger partial charge in [0, 0.05) is 0 Å². The van der Waals surface area contributed by atoms with Gasteiger partial charge in [0.05, 0.1) is 46.1 Å². The Hall–Kier alpha value is -2.05. The molecule has 238 valence electrons. The monoisotopic (exact) mass is 690 g/mol. The first-order valence-corrected chi connectivity index (χ1v) is 21.3. The van der Waals surface area contributed by atoms with Crippen LogP contribution < -0.4 is 18.9 Å². The molecular weight excluding hydrogens is 640 g/mol. The predicted octanol–water partition coefficient (Wildman–Crippen LogP) is 10.3. The summed E-state index contributed by atoms with van der Waals surface area (Å²) in [4.78, 5) is 0. The van der Waals surface area contributed by atoms with Gasteiger partial charge in [0.15, 0.2) is 39.6 Å². The molecule has 43 heavy (non-hydrogen) atoms. The lowest BCUT2D eigenvalue weighted by Gasteiger charge is -2.38. The van der Waals surface area contributed by atoms with E-state index in [2.05, 4.69) is 102 Å². The highest BCUT2D eigenvalue weighted by Crippen LogP contribution is 2.47. The molecule has 0 N–H and O–H groups in total. The minimum atomic E-state index is -2.10. The number of benzene rings is 3. The molecule has 6 nitrogen and oxygen atoms in total. The third-order valence-electron chi connectivity index (χ3n) is 9.34. The van der Waals surface area contributed by atoms with Gasteiger partial charge in [-0.3, -0.25) is 0 Å². The molecule has 0 unspecified atom stereocenters. The van der Waals surface area contributed by atoms with Crippen molar-refractivity contribution in [3.05, 3.63) is 45.9 Å². The first-order chi connectivity index (χ1) is 19.8. The standard InChI is InChI=1S/C34H51BrO6Si2/c1-33(2,3)42(11,12)40-20-24-15-22-17-28(36-7)29(37-8)19-25(22)31(26(24)21-41-43(13,14)34(4,5)6)23-16-27(35)32(39-10)30(18-23)38-9/h15-19H,20-21H2,1-14H3. The molecule has 0 amide bonds. The van der Waals surface area contributed by atoms with Gasteiger partial charge in [-0.25, -0.2) is 0 Å². The smallest absolute Gasteiger partial charge is 0.192 e. The van der Waals surface area contributed by atoms with Crippen LogP contribution in [0, 0.1) is 0 Å². The minimum absolute atomic E-state index is 0.0603. The Bertz CT molecular complexity index is 1450. The second-order valence-electron chi connectivity index (χ2n) is 14.1. The SMILES string of the molecule is COc1cc2cc(CO[Si](C)(C)C(C)(C)C)c(CO[Si](C)(C)C(C)(C)C)c(-c3cc(Br)c(OC)c(OC)c3)c2cc1OC. The lowest BCUT2D eigenvalue weighted by Crippen LogP contribution is -2.41.